The van der Waals surface area contributed by atoms with E-state index in [2.05, 4.69) is 26.2 Å². The summed E-state index contributed by atoms with van der Waals surface area (Å²) in [6.45, 7) is 5.14. The molecule has 4 heterocycles. The van der Waals surface area contributed by atoms with Crippen LogP contribution in [0.25, 0.3) is 0 Å². The molecule has 3 aliphatic rings. The molecule has 4 rings (SSSR count). The highest BCUT2D eigenvalue weighted by molar-refractivity contribution is 5.66. The number of amides is 1. The zero-order chi connectivity index (χ0) is 26.2. The summed E-state index contributed by atoms with van der Waals surface area (Å²) in [5, 5.41) is 30.9. The highest BCUT2D eigenvalue weighted by Crippen LogP contribution is 2.29. The van der Waals surface area contributed by atoms with Gasteiger partial charge in [0.05, 0.1) is 56.8 Å². The summed E-state index contributed by atoms with van der Waals surface area (Å²) in [4.78, 5) is 26.7. The van der Waals surface area contributed by atoms with Crippen molar-refractivity contribution in [2.24, 2.45) is 0 Å². The maximum Gasteiger partial charge on any atom is 0.407 e. The standard InChI is InChI=1S/C24H37N7O6/c1-29-15-19(36-11-10-35-9-8-32)12-18(29)16-37-23-27-21-13-26-5-3-20(21)22(28-23)30-6-7-31(24(33)34)17(14-30)2-4-25/h17-19,26,32H,2-3,5-16H2,1H3,(H,33,34)/t17-,18-,19+/m0/s1. The van der Waals surface area contributed by atoms with Crippen LogP contribution >= 0.6 is 0 Å². The van der Waals surface area contributed by atoms with Crippen LogP contribution in [0.15, 0.2) is 0 Å². The Morgan fingerprint density at radius 2 is 2.08 bits per heavy atom. The van der Waals surface area contributed by atoms with E-state index in [-0.39, 0.29) is 25.2 Å². The van der Waals surface area contributed by atoms with E-state index in [0.717, 1.165) is 43.0 Å². The SMILES string of the molecule is CN1C[C@H](OCCOCCO)C[C@H]1COc1nc2c(c(N3CCN(C(=O)O)[C@@H](CC#N)C3)n1)CCNC2. The van der Waals surface area contributed by atoms with Crippen LogP contribution in [0.3, 0.4) is 0 Å². The first kappa shape index (κ1) is 27.3. The fourth-order valence-electron chi connectivity index (χ4n) is 5.18. The molecule has 3 atom stereocenters. The second kappa shape index (κ2) is 13.2. The topological polar surface area (TPSA) is 157 Å². The number of nitrogens with one attached hydrogen (secondary N) is 1. The molecular formula is C24H37N7O6. The van der Waals surface area contributed by atoms with Gasteiger partial charge in [-0.3, -0.25) is 4.90 Å². The van der Waals surface area contributed by atoms with Gasteiger partial charge in [0.25, 0.3) is 0 Å². The van der Waals surface area contributed by atoms with E-state index in [1.807, 2.05) is 7.05 Å². The molecule has 3 aliphatic heterocycles. The van der Waals surface area contributed by atoms with Gasteiger partial charge in [-0.2, -0.15) is 15.2 Å². The summed E-state index contributed by atoms with van der Waals surface area (Å²) in [5.74, 6) is 0.776. The van der Waals surface area contributed by atoms with Crippen molar-refractivity contribution < 1.29 is 29.2 Å². The van der Waals surface area contributed by atoms with Crippen LogP contribution in [0.1, 0.15) is 24.1 Å². The summed E-state index contributed by atoms with van der Waals surface area (Å²) >= 11 is 0. The first-order valence-corrected chi connectivity index (χ1v) is 12.8. The number of ether oxygens (including phenoxy) is 3. The molecule has 1 aromatic rings. The molecular weight excluding hydrogens is 482 g/mol. The van der Waals surface area contributed by atoms with Crippen molar-refractivity contribution >= 4 is 11.9 Å². The van der Waals surface area contributed by atoms with Crippen molar-refractivity contribution in [1.82, 2.24) is 25.1 Å². The van der Waals surface area contributed by atoms with Crippen LogP contribution in [-0.2, 0) is 22.4 Å². The van der Waals surface area contributed by atoms with Crippen LogP contribution in [0.4, 0.5) is 10.6 Å². The van der Waals surface area contributed by atoms with Crippen LogP contribution in [0.2, 0.25) is 0 Å². The van der Waals surface area contributed by atoms with Gasteiger partial charge in [0.1, 0.15) is 12.4 Å². The van der Waals surface area contributed by atoms with E-state index >= 15 is 0 Å². The average molecular weight is 520 g/mol. The van der Waals surface area contributed by atoms with Gasteiger partial charge >= 0.3 is 12.1 Å². The van der Waals surface area contributed by atoms with Crippen molar-refractivity contribution in [1.29, 1.82) is 5.26 Å². The maximum atomic E-state index is 11.6. The summed E-state index contributed by atoms with van der Waals surface area (Å²) in [5.41, 5.74) is 1.95. The number of anilines is 1. The predicted octanol–water partition coefficient (Wildman–Crippen LogP) is -0.318. The molecule has 13 nitrogen and oxygen atoms in total. The number of nitrogens with zero attached hydrogens (tertiary/aromatic N) is 6. The number of rotatable bonds is 11. The fraction of sp³-hybridized carbons (Fsp3) is 0.750. The number of carboxylic acid groups (broad SMARTS) is 1. The first-order valence-electron chi connectivity index (χ1n) is 12.8. The third-order valence-electron chi connectivity index (χ3n) is 7.12. The molecule has 13 heteroatoms. The average Bonchev–Trinajstić information content (AvgIpc) is 3.25. The summed E-state index contributed by atoms with van der Waals surface area (Å²) in [6, 6.07) is 2.17. The molecule has 0 aliphatic carbocycles. The minimum atomic E-state index is -1.00. The Balaban J connectivity index is 1.41. The number of piperazine rings is 1. The molecule has 0 spiro atoms. The van der Waals surface area contributed by atoms with Crippen molar-refractivity contribution in [3.8, 4) is 12.1 Å². The molecule has 0 saturated carbocycles. The molecule has 1 amide bonds. The number of hydrogen-bond acceptors (Lipinski definition) is 11. The van der Waals surface area contributed by atoms with Crippen LogP contribution in [-0.4, -0.2) is 127 Å². The molecule has 2 saturated heterocycles. The van der Waals surface area contributed by atoms with Gasteiger partial charge in [0.2, 0.25) is 0 Å². The minimum Gasteiger partial charge on any atom is -0.465 e. The number of likely N-dealkylation sites (tertiary alicyclic amines) is 1. The largest absolute Gasteiger partial charge is 0.465 e. The highest BCUT2D eigenvalue weighted by atomic mass is 16.5. The van der Waals surface area contributed by atoms with Gasteiger partial charge in [-0.25, -0.2) is 4.79 Å². The van der Waals surface area contributed by atoms with Crippen LogP contribution < -0.4 is 15.0 Å². The third-order valence-corrected chi connectivity index (χ3v) is 7.12. The Labute approximate surface area is 216 Å². The predicted molar refractivity (Wildman–Crippen MR) is 133 cm³/mol. The zero-order valence-electron chi connectivity index (χ0n) is 21.3. The van der Waals surface area contributed by atoms with Gasteiger partial charge in [-0.1, -0.05) is 0 Å². The molecule has 2 fully saturated rings. The number of fused-ring (bicyclic) bond motifs is 1. The van der Waals surface area contributed by atoms with Gasteiger partial charge in [-0.15, -0.1) is 0 Å². The smallest absolute Gasteiger partial charge is 0.407 e. The fourth-order valence-corrected chi connectivity index (χ4v) is 5.18. The lowest BCUT2D eigenvalue weighted by Crippen LogP contribution is -2.55. The van der Waals surface area contributed by atoms with Crippen LogP contribution in [0.5, 0.6) is 6.01 Å². The Kier molecular flexibility index (Phi) is 9.70. The lowest BCUT2D eigenvalue weighted by Gasteiger charge is -2.40. The van der Waals surface area contributed by atoms with Gasteiger partial charge in [0.15, 0.2) is 0 Å². The number of hydrogen-bond donors (Lipinski definition) is 3. The quantitative estimate of drug-likeness (QED) is 0.328. The molecule has 3 N–H and O–H groups in total. The Hall–Kier alpha value is -2.76. The second-order valence-corrected chi connectivity index (χ2v) is 9.59. The molecule has 204 valence electrons. The molecule has 0 unspecified atom stereocenters. The normalized spacial score (nSPS) is 24.1. The summed E-state index contributed by atoms with van der Waals surface area (Å²) < 4.78 is 17.3. The summed E-state index contributed by atoms with van der Waals surface area (Å²) in [7, 11) is 2.04. The summed E-state index contributed by atoms with van der Waals surface area (Å²) in [6.07, 6.45) is 0.815. The van der Waals surface area contributed by atoms with Crippen LogP contribution in [0, 0.1) is 11.3 Å². The van der Waals surface area contributed by atoms with Gasteiger partial charge < -0.3 is 39.5 Å². The molecule has 0 aromatic carbocycles. The highest BCUT2D eigenvalue weighted by Gasteiger charge is 2.34. The van der Waals surface area contributed by atoms with Gasteiger partial charge in [-0.05, 0) is 26.4 Å². The monoisotopic (exact) mass is 519 g/mol. The molecule has 37 heavy (non-hydrogen) atoms. The Morgan fingerprint density at radius 3 is 2.86 bits per heavy atom. The number of aromatic nitrogens is 2. The minimum absolute atomic E-state index is 0.00705. The van der Waals surface area contributed by atoms with Crippen molar-refractivity contribution in [2.45, 2.75) is 44.0 Å². The zero-order valence-corrected chi connectivity index (χ0v) is 21.3. The third kappa shape index (κ3) is 6.97. The number of likely N-dealkylation sites (N-methyl/N-ethyl adjacent to an activating group) is 1. The number of aliphatic hydroxyl groups excluding tert-OH is 1. The van der Waals surface area contributed by atoms with Gasteiger partial charge in [0, 0.05) is 44.3 Å². The van der Waals surface area contributed by atoms with E-state index in [9.17, 15) is 15.2 Å². The van der Waals surface area contributed by atoms with Crippen molar-refractivity contribution in [3.63, 3.8) is 0 Å². The van der Waals surface area contributed by atoms with E-state index < -0.39 is 12.1 Å². The second-order valence-electron chi connectivity index (χ2n) is 9.59. The number of aliphatic hydroxyl groups is 1. The van der Waals surface area contributed by atoms with Crippen molar-refractivity contribution in [3.05, 3.63) is 11.3 Å². The maximum absolute atomic E-state index is 11.6. The lowest BCUT2D eigenvalue weighted by atomic mass is 10.0. The van der Waals surface area contributed by atoms with E-state index in [4.69, 9.17) is 24.3 Å². The number of carbonyl (C=O) groups is 1. The van der Waals surface area contributed by atoms with Crippen molar-refractivity contribution in [2.75, 3.05) is 77.7 Å². The first-order chi connectivity index (χ1) is 18.0. The lowest BCUT2D eigenvalue weighted by molar-refractivity contribution is 0.00184. The molecule has 0 bridgehead atoms. The Bertz CT molecular complexity index is 960. The van der Waals surface area contributed by atoms with E-state index in [1.165, 1.54) is 4.90 Å². The van der Waals surface area contributed by atoms with E-state index in [1.54, 1.807) is 0 Å². The number of nitriles is 1. The molecule has 1 aromatic heterocycles. The Morgan fingerprint density at radius 1 is 1.22 bits per heavy atom. The van der Waals surface area contributed by atoms with E-state index in [0.29, 0.717) is 58.6 Å². The molecule has 0 radical (unpaired) electrons.